The van der Waals surface area contributed by atoms with E-state index >= 15 is 0 Å². The van der Waals surface area contributed by atoms with Crippen molar-refractivity contribution in [2.75, 3.05) is 6.54 Å². The van der Waals surface area contributed by atoms with Crippen molar-refractivity contribution in [3.63, 3.8) is 0 Å². The van der Waals surface area contributed by atoms with Crippen LogP contribution in [0.15, 0.2) is 30.5 Å². The molecule has 1 unspecified atom stereocenters. The number of unbranched alkanes of at least 4 members (excludes halogenated alkanes) is 1. The highest BCUT2D eigenvalue weighted by molar-refractivity contribution is 5.95. The number of alkyl carbamates (subject to hydrolysis) is 1. The summed E-state index contributed by atoms with van der Waals surface area (Å²) in [6, 6.07) is 3.03. The molecule has 5 N–H and O–H groups in total. The van der Waals surface area contributed by atoms with E-state index in [2.05, 4.69) is 21.3 Å². The number of amides is 4. The highest BCUT2D eigenvalue weighted by atomic mass is 16.6. The number of carbonyl (C=O) groups is 6. The van der Waals surface area contributed by atoms with Crippen molar-refractivity contribution in [3.05, 3.63) is 36.0 Å². The molecule has 0 saturated carbocycles. The van der Waals surface area contributed by atoms with Gasteiger partial charge in [-0.05, 0) is 51.2 Å². The first-order valence-corrected chi connectivity index (χ1v) is 14.8. The lowest BCUT2D eigenvalue weighted by Crippen LogP contribution is -2.57. The van der Waals surface area contributed by atoms with Crippen LogP contribution in [-0.4, -0.2) is 76.1 Å². The summed E-state index contributed by atoms with van der Waals surface area (Å²) < 4.78 is 6.66. The number of benzene rings is 1. The van der Waals surface area contributed by atoms with E-state index in [4.69, 9.17) is 4.74 Å². The molecule has 1 aromatic carbocycles. The number of carboxylic acids is 1. The van der Waals surface area contributed by atoms with Crippen LogP contribution < -0.4 is 21.3 Å². The summed E-state index contributed by atoms with van der Waals surface area (Å²) in [5.74, 6) is -3.53. The molecule has 0 bridgehead atoms. The predicted molar refractivity (Wildman–Crippen MR) is 164 cm³/mol. The van der Waals surface area contributed by atoms with Crippen LogP contribution in [0.25, 0.3) is 10.9 Å². The first kappa shape index (κ1) is 35.8. The molecule has 44 heavy (non-hydrogen) atoms. The molecule has 0 aliphatic carbocycles. The standard InChI is InChI=1S/C31H45N5O8/c1-7-8-13-32-26(38)16-24(29(41)42)34-28(40)23(15-20-17-36(18-37)25-12-10-9-11-21(20)25)33-27(39)22(14-19(2)3)35-30(43)44-31(4,5)6/h9-12,17-19,22-24H,7-8,13-16H2,1-6H3,(H,32,38)(H,33,39)(H,34,40)(H,35,43)(H,41,42)/t22?,23-,24+/m1/s1. The summed E-state index contributed by atoms with van der Waals surface area (Å²) in [4.78, 5) is 75.7. The largest absolute Gasteiger partial charge is 0.480 e. The number of rotatable bonds is 16. The molecule has 0 saturated heterocycles. The van der Waals surface area contributed by atoms with E-state index in [0.717, 1.165) is 6.42 Å². The van der Waals surface area contributed by atoms with Crippen molar-refractivity contribution in [2.45, 2.75) is 97.4 Å². The average molecular weight is 616 g/mol. The molecule has 13 nitrogen and oxygen atoms in total. The number of carboxylic acid groups (broad SMARTS) is 1. The number of hydrogen-bond acceptors (Lipinski definition) is 7. The van der Waals surface area contributed by atoms with Crippen LogP contribution in [0.1, 0.15) is 72.8 Å². The Kier molecular flexibility index (Phi) is 13.4. The summed E-state index contributed by atoms with van der Waals surface area (Å²) in [6.45, 7) is 11.1. The van der Waals surface area contributed by atoms with Crippen LogP contribution in [0, 0.1) is 5.92 Å². The molecule has 2 aromatic rings. The molecule has 13 heteroatoms. The monoisotopic (exact) mass is 615 g/mol. The molecule has 0 spiro atoms. The van der Waals surface area contributed by atoms with Crippen LogP contribution in [0.2, 0.25) is 0 Å². The zero-order valence-corrected chi connectivity index (χ0v) is 26.3. The fourth-order valence-corrected chi connectivity index (χ4v) is 4.52. The van der Waals surface area contributed by atoms with Gasteiger partial charge in [0.25, 0.3) is 0 Å². The van der Waals surface area contributed by atoms with Gasteiger partial charge in [0.1, 0.15) is 23.7 Å². The number of para-hydroxylation sites is 1. The van der Waals surface area contributed by atoms with E-state index in [1.54, 1.807) is 45.0 Å². The fourth-order valence-electron chi connectivity index (χ4n) is 4.52. The molecule has 0 radical (unpaired) electrons. The van der Waals surface area contributed by atoms with Crippen LogP contribution in [0.5, 0.6) is 0 Å². The van der Waals surface area contributed by atoms with Gasteiger partial charge in [0.15, 0.2) is 0 Å². The van der Waals surface area contributed by atoms with E-state index in [-0.39, 0.29) is 18.8 Å². The SMILES string of the molecule is CCCCNC(=O)C[C@H](NC(=O)[C@@H](Cc1cn(C=O)c2ccccc12)NC(=O)C(CC(C)C)NC(=O)OC(C)(C)C)C(=O)O. The third-order valence-corrected chi connectivity index (χ3v) is 6.56. The molecule has 1 aromatic heterocycles. The second-order valence-electron chi connectivity index (χ2n) is 12.1. The van der Waals surface area contributed by atoms with Crippen molar-refractivity contribution in [1.29, 1.82) is 0 Å². The summed E-state index contributed by atoms with van der Waals surface area (Å²) in [7, 11) is 0. The molecule has 3 atom stereocenters. The highest BCUT2D eigenvalue weighted by Crippen LogP contribution is 2.22. The number of aromatic nitrogens is 1. The minimum absolute atomic E-state index is 0.0267. The van der Waals surface area contributed by atoms with E-state index in [9.17, 15) is 33.9 Å². The number of carbonyl (C=O) groups excluding carboxylic acids is 5. The summed E-state index contributed by atoms with van der Waals surface area (Å²) >= 11 is 0. The zero-order valence-electron chi connectivity index (χ0n) is 26.3. The Labute approximate surface area is 257 Å². The molecule has 2 rings (SSSR count). The zero-order chi connectivity index (χ0) is 33.0. The lowest BCUT2D eigenvalue weighted by molar-refractivity contribution is -0.144. The van der Waals surface area contributed by atoms with Crippen molar-refractivity contribution in [1.82, 2.24) is 25.8 Å². The molecule has 4 amide bonds. The Morgan fingerprint density at radius 3 is 2.20 bits per heavy atom. The minimum Gasteiger partial charge on any atom is -0.480 e. The van der Waals surface area contributed by atoms with Gasteiger partial charge in [0, 0.05) is 24.5 Å². The van der Waals surface area contributed by atoms with Gasteiger partial charge >= 0.3 is 12.1 Å². The molecule has 0 aliphatic rings. The first-order chi connectivity index (χ1) is 20.6. The van der Waals surface area contributed by atoms with E-state index < -0.39 is 59.9 Å². The van der Waals surface area contributed by atoms with Crippen molar-refractivity contribution >= 4 is 47.1 Å². The normalized spacial score (nSPS) is 13.4. The molecule has 0 aliphatic heterocycles. The number of nitrogens with one attached hydrogen (secondary N) is 4. The summed E-state index contributed by atoms with van der Waals surface area (Å²) in [5.41, 5.74) is 0.310. The van der Waals surface area contributed by atoms with E-state index in [1.807, 2.05) is 20.8 Å². The molecular formula is C31H45N5O8. The van der Waals surface area contributed by atoms with Gasteiger partial charge < -0.3 is 31.1 Å². The maximum absolute atomic E-state index is 13.6. The highest BCUT2D eigenvalue weighted by Gasteiger charge is 2.32. The average Bonchev–Trinajstić information content (AvgIpc) is 3.28. The Balaban J connectivity index is 2.39. The van der Waals surface area contributed by atoms with E-state index in [1.165, 1.54) is 10.8 Å². The number of aliphatic carboxylic acids is 1. The topological polar surface area (TPSA) is 185 Å². The van der Waals surface area contributed by atoms with Gasteiger partial charge in [-0.2, -0.15) is 0 Å². The first-order valence-electron chi connectivity index (χ1n) is 14.8. The Bertz CT molecular complexity index is 1330. The second-order valence-corrected chi connectivity index (χ2v) is 12.1. The third-order valence-electron chi connectivity index (χ3n) is 6.56. The van der Waals surface area contributed by atoms with Crippen LogP contribution in [-0.2, 0) is 35.1 Å². The number of fused-ring (bicyclic) bond motifs is 1. The van der Waals surface area contributed by atoms with Gasteiger partial charge in [-0.3, -0.25) is 23.7 Å². The van der Waals surface area contributed by atoms with Crippen molar-refractivity contribution < 1.29 is 38.6 Å². The fraction of sp³-hybridized carbons (Fsp3) is 0.548. The maximum Gasteiger partial charge on any atom is 0.408 e. The number of ether oxygens (including phenoxy) is 1. The molecule has 242 valence electrons. The third kappa shape index (κ3) is 11.3. The maximum atomic E-state index is 13.6. The van der Waals surface area contributed by atoms with Crippen LogP contribution in [0.4, 0.5) is 4.79 Å². The van der Waals surface area contributed by atoms with Crippen LogP contribution in [0.3, 0.4) is 0 Å². The smallest absolute Gasteiger partial charge is 0.408 e. The lowest BCUT2D eigenvalue weighted by Gasteiger charge is -2.26. The lowest BCUT2D eigenvalue weighted by atomic mass is 10.0. The molecular weight excluding hydrogens is 570 g/mol. The van der Waals surface area contributed by atoms with Gasteiger partial charge in [-0.25, -0.2) is 9.59 Å². The summed E-state index contributed by atoms with van der Waals surface area (Å²) in [5, 5.41) is 20.7. The molecule has 1 heterocycles. The van der Waals surface area contributed by atoms with E-state index in [0.29, 0.717) is 35.8 Å². The van der Waals surface area contributed by atoms with Gasteiger partial charge in [-0.1, -0.05) is 45.4 Å². The summed E-state index contributed by atoms with van der Waals surface area (Å²) in [6.07, 6.45) is 2.48. The van der Waals surface area contributed by atoms with Crippen molar-refractivity contribution in [3.8, 4) is 0 Å². The van der Waals surface area contributed by atoms with Crippen LogP contribution >= 0.6 is 0 Å². The Hall–Kier alpha value is -4.42. The van der Waals surface area contributed by atoms with Gasteiger partial charge in [0.2, 0.25) is 24.1 Å². The molecule has 0 fully saturated rings. The Morgan fingerprint density at radius 1 is 0.977 bits per heavy atom. The number of hydrogen-bond donors (Lipinski definition) is 5. The Morgan fingerprint density at radius 2 is 1.61 bits per heavy atom. The second kappa shape index (κ2) is 16.4. The predicted octanol–water partition coefficient (Wildman–Crippen LogP) is 2.52. The van der Waals surface area contributed by atoms with Crippen molar-refractivity contribution in [2.24, 2.45) is 5.92 Å². The quantitative estimate of drug-likeness (QED) is 0.141. The van der Waals surface area contributed by atoms with Gasteiger partial charge in [-0.15, -0.1) is 0 Å². The number of nitrogens with zero attached hydrogens (tertiary/aromatic N) is 1. The minimum atomic E-state index is -1.56. The van der Waals surface area contributed by atoms with Gasteiger partial charge in [0.05, 0.1) is 11.9 Å².